The monoisotopic (exact) mass is 467 g/mol. The number of H-pyrrole nitrogens is 1. The van der Waals surface area contributed by atoms with Gasteiger partial charge in [0.05, 0.1) is 10.6 Å². The first-order valence-electron chi connectivity index (χ1n) is 11.3. The summed E-state index contributed by atoms with van der Waals surface area (Å²) in [5.74, 6) is 0.250. The smallest absolute Gasteiger partial charge is 0.264 e. The van der Waals surface area contributed by atoms with Crippen LogP contribution in [0, 0.1) is 12.8 Å². The number of pyridine rings is 1. The van der Waals surface area contributed by atoms with E-state index in [9.17, 15) is 18.0 Å². The summed E-state index contributed by atoms with van der Waals surface area (Å²) in [5.41, 5.74) is 1.59. The highest BCUT2D eigenvalue weighted by Gasteiger charge is 2.26. The van der Waals surface area contributed by atoms with E-state index in [-0.39, 0.29) is 28.3 Å². The third-order valence-corrected chi connectivity index (χ3v) is 8.22. The Hall–Kier alpha value is -3.13. The Morgan fingerprint density at radius 2 is 1.88 bits per heavy atom. The highest BCUT2D eigenvalue weighted by Crippen LogP contribution is 2.26. The number of carbonyl (C=O) groups is 1. The molecule has 1 fully saturated rings. The van der Waals surface area contributed by atoms with E-state index in [0.717, 1.165) is 18.4 Å². The fourth-order valence-corrected chi connectivity index (χ4v) is 5.79. The lowest BCUT2D eigenvalue weighted by molar-refractivity contribution is 0.0696. The van der Waals surface area contributed by atoms with Crippen molar-refractivity contribution >= 4 is 32.5 Å². The van der Waals surface area contributed by atoms with E-state index in [4.69, 9.17) is 0 Å². The molecule has 8 heteroatoms. The summed E-state index contributed by atoms with van der Waals surface area (Å²) < 4.78 is 28.2. The highest BCUT2D eigenvalue weighted by molar-refractivity contribution is 7.92. The molecule has 0 spiro atoms. The number of aryl methyl sites for hydroxylation is 1. The van der Waals surface area contributed by atoms with Crippen molar-refractivity contribution in [1.82, 2.24) is 9.88 Å². The molecule has 0 bridgehead atoms. The number of amides is 1. The van der Waals surface area contributed by atoms with Gasteiger partial charge in [0.25, 0.3) is 15.9 Å². The molecule has 1 amide bonds. The van der Waals surface area contributed by atoms with Crippen LogP contribution in [0.2, 0.25) is 0 Å². The number of likely N-dealkylation sites (tertiary alicyclic amines) is 1. The largest absolute Gasteiger partial charge is 0.360 e. The number of nitrogens with zero attached hydrogens (tertiary/aromatic N) is 2. The maximum Gasteiger partial charge on any atom is 0.264 e. The molecule has 2 heterocycles. The van der Waals surface area contributed by atoms with E-state index < -0.39 is 15.5 Å². The van der Waals surface area contributed by atoms with Gasteiger partial charge in [-0.1, -0.05) is 19.1 Å². The molecule has 0 radical (unpaired) electrons. The van der Waals surface area contributed by atoms with Gasteiger partial charge in [-0.25, -0.2) is 8.42 Å². The number of piperidine rings is 1. The summed E-state index contributed by atoms with van der Waals surface area (Å²) in [7, 11) is -3.90. The molecule has 1 aliphatic heterocycles. The Labute approximate surface area is 194 Å². The first-order chi connectivity index (χ1) is 15.7. The molecule has 33 heavy (non-hydrogen) atoms. The summed E-state index contributed by atoms with van der Waals surface area (Å²) in [6.45, 7) is 7.31. The van der Waals surface area contributed by atoms with Crippen LogP contribution in [0.25, 0.3) is 10.9 Å². The van der Waals surface area contributed by atoms with Crippen molar-refractivity contribution in [2.24, 2.45) is 5.92 Å². The van der Waals surface area contributed by atoms with Crippen LogP contribution in [0.3, 0.4) is 0 Å². The third-order valence-electron chi connectivity index (χ3n) is 6.32. The van der Waals surface area contributed by atoms with Crippen molar-refractivity contribution in [1.29, 1.82) is 0 Å². The van der Waals surface area contributed by atoms with Crippen molar-refractivity contribution in [2.45, 2.75) is 38.5 Å². The van der Waals surface area contributed by atoms with E-state index in [2.05, 4.69) is 11.9 Å². The molecular formula is C25H29N3O4S. The third kappa shape index (κ3) is 4.39. The summed E-state index contributed by atoms with van der Waals surface area (Å²) in [6.07, 6.45) is 3.25. The summed E-state index contributed by atoms with van der Waals surface area (Å²) >= 11 is 0. The Bertz CT molecular complexity index is 1360. The number of aromatic nitrogens is 1. The number of hydrogen-bond donors (Lipinski definition) is 1. The maximum absolute atomic E-state index is 13.5. The number of hydrogen-bond acceptors (Lipinski definition) is 4. The zero-order valence-electron chi connectivity index (χ0n) is 19.2. The van der Waals surface area contributed by atoms with Crippen molar-refractivity contribution in [3.8, 4) is 0 Å². The van der Waals surface area contributed by atoms with Crippen LogP contribution in [0.4, 0.5) is 5.69 Å². The van der Waals surface area contributed by atoms with Gasteiger partial charge in [0, 0.05) is 36.7 Å². The first-order valence-corrected chi connectivity index (χ1v) is 12.7. The van der Waals surface area contributed by atoms with Gasteiger partial charge < -0.3 is 9.88 Å². The molecule has 1 aromatic heterocycles. The Balaban J connectivity index is 1.74. The van der Waals surface area contributed by atoms with E-state index in [1.807, 2.05) is 25.1 Å². The van der Waals surface area contributed by atoms with E-state index in [1.165, 1.54) is 22.6 Å². The SMILES string of the molecule is CCN(c1cccc(C)c1)S(=O)(=O)c1ccc2[nH]cc(C(=O)N3CCC(C)CC3)c(=O)c2c1. The van der Waals surface area contributed by atoms with Gasteiger partial charge >= 0.3 is 0 Å². The maximum atomic E-state index is 13.5. The second-order valence-electron chi connectivity index (χ2n) is 8.72. The van der Waals surface area contributed by atoms with Crippen LogP contribution in [-0.4, -0.2) is 43.8 Å². The van der Waals surface area contributed by atoms with Crippen LogP contribution in [-0.2, 0) is 10.0 Å². The number of aromatic amines is 1. The van der Waals surface area contributed by atoms with E-state index in [0.29, 0.717) is 30.2 Å². The van der Waals surface area contributed by atoms with Gasteiger partial charge in [-0.15, -0.1) is 0 Å². The van der Waals surface area contributed by atoms with Gasteiger partial charge in [0.15, 0.2) is 0 Å². The normalized spacial score (nSPS) is 15.1. The standard InChI is InChI=1S/C25H29N3O4S/c1-4-28(19-7-5-6-18(3)14-19)33(31,32)20-8-9-23-21(15-20)24(29)22(16-26-23)25(30)27-12-10-17(2)11-13-27/h5-9,14-17H,4,10-13H2,1-3H3,(H,26,29). The lowest BCUT2D eigenvalue weighted by atomic mass is 9.98. The van der Waals surface area contributed by atoms with Gasteiger partial charge in [0.2, 0.25) is 5.43 Å². The summed E-state index contributed by atoms with van der Waals surface area (Å²) in [4.78, 5) is 30.9. The predicted octanol–water partition coefficient (Wildman–Crippen LogP) is 3.92. The number of carbonyl (C=O) groups excluding carboxylic acids is 1. The average Bonchev–Trinajstić information content (AvgIpc) is 2.79. The highest BCUT2D eigenvalue weighted by atomic mass is 32.2. The van der Waals surface area contributed by atoms with Gasteiger partial charge in [-0.05, 0) is 68.5 Å². The minimum Gasteiger partial charge on any atom is -0.360 e. The second kappa shape index (κ2) is 9.02. The first kappa shape index (κ1) is 23.0. The molecular weight excluding hydrogens is 438 g/mol. The number of anilines is 1. The lowest BCUT2D eigenvalue weighted by Gasteiger charge is -2.30. The van der Waals surface area contributed by atoms with Crippen molar-refractivity contribution < 1.29 is 13.2 Å². The molecule has 4 rings (SSSR count). The van der Waals surface area contributed by atoms with Crippen LogP contribution in [0.5, 0.6) is 0 Å². The molecule has 3 aromatic rings. The lowest BCUT2D eigenvalue weighted by Crippen LogP contribution is -2.40. The Morgan fingerprint density at radius 1 is 1.15 bits per heavy atom. The van der Waals surface area contributed by atoms with Gasteiger partial charge in [0.1, 0.15) is 5.56 Å². The quantitative estimate of drug-likeness (QED) is 0.616. The van der Waals surface area contributed by atoms with E-state index in [1.54, 1.807) is 24.0 Å². The predicted molar refractivity (Wildman–Crippen MR) is 130 cm³/mol. The Morgan fingerprint density at radius 3 is 2.55 bits per heavy atom. The molecule has 1 N–H and O–H groups in total. The number of sulfonamides is 1. The Kier molecular flexibility index (Phi) is 6.30. The number of benzene rings is 2. The van der Waals surface area contributed by atoms with Crippen LogP contribution >= 0.6 is 0 Å². The summed E-state index contributed by atoms with van der Waals surface area (Å²) in [5, 5.41) is 0.188. The molecule has 0 atom stereocenters. The second-order valence-corrected chi connectivity index (χ2v) is 10.6. The fourth-order valence-electron chi connectivity index (χ4n) is 4.30. The van der Waals surface area contributed by atoms with Crippen LogP contribution in [0.15, 0.2) is 58.4 Å². The average molecular weight is 468 g/mol. The number of fused-ring (bicyclic) bond motifs is 1. The molecule has 174 valence electrons. The summed E-state index contributed by atoms with van der Waals surface area (Å²) in [6, 6.07) is 11.7. The van der Waals surface area contributed by atoms with Gasteiger partial charge in [-0.2, -0.15) is 0 Å². The number of rotatable bonds is 5. The topological polar surface area (TPSA) is 90.6 Å². The molecule has 2 aromatic carbocycles. The van der Waals surface area contributed by atoms with Crippen molar-refractivity contribution in [2.75, 3.05) is 23.9 Å². The van der Waals surface area contributed by atoms with Crippen molar-refractivity contribution in [3.63, 3.8) is 0 Å². The number of nitrogens with one attached hydrogen (secondary N) is 1. The minimum absolute atomic E-state index is 0.0141. The zero-order chi connectivity index (χ0) is 23.8. The van der Waals surface area contributed by atoms with E-state index >= 15 is 0 Å². The fraction of sp³-hybridized carbons (Fsp3) is 0.360. The van der Waals surface area contributed by atoms with Crippen LogP contribution in [0.1, 0.15) is 42.6 Å². The van der Waals surface area contributed by atoms with Crippen molar-refractivity contribution in [3.05, 3.63) is 70.0 Å². The molecule has 1 aliphatic rings. The van der Waals surface area contributed by atoms with Crippen LogP contribution < -0.4 is 9.73 Å². The molecule has 7 nitrogen and oxygen atoms in total. The van der Waals surface area contributed by atoms with Gasteiger partial charge in [-0.3, -0.25) is 13.9 Å². The molecule has 0 aliphatic carbocycles. The molecule has 0 saturated carbocycles. The molecule has 1 saturated heterocycles. The minimum atomic E-state index is -3.90. The zero-order valence-corrected chi connectivity index (χ0v) is 20.0. The molecule has 0 unspecified atom stereocenters.